The zero-order valence-electron chi connectivity index (χ0n) is 6.30. The lowest BCUT2D eigenvalue weighted by Crippen LogP contribution is -2.19. The highest BCUT2D eigenvalue weighted by Crippen LogP contribution is 2.37. The maximum absolute atomic E-state index is 5.85. The van der Waals surface area contributed by atoms with E-state index < -0.39 is 0 Å². The Kier molecular flexibility index (Phi) is 2.59. The van der Waals surface area contributed by atoms with Crippen molar-refractivity contribution in [1.29, 1.82) is 0 Å². The van der Waals surface area contributed by atoms with Crippen LogP contribution in [0.1, 0.15) is 25.7 Å². The summed E-state index contributed by atoms with van der Waals surface area (Å²) in [5.41, 5.74) is 0. The summed E-state index contributed by atoms with van der Waals surface area (Å²) < 4.78 is 5.85. The molecular weight excluding hydrogens is 272 g/mol. The third-order valence-corrected chi connectivity index (χ3v) is 4.71. The van der Waals surface area contributed by atoms with Crippen LogP contribution in [0.4, 0.5) is 0 Å². The van der Waals surface area contributed by atoms with E-state index in [4.69, 9.17) is 4.74 Å². The van der Waals surface area contributed by atoms with Crippen molar-refractivity contribution in [2.75, 3.05) is 0 Å². The van der Waals surface area contributed by atoms with Gasteiger partial charge in [-0.15, -0.1) is 0 Å². The lowest BCUT2D eigenvalue weighted by molar-refractivity contribution is 0.0572. The molecule has 64 valence electrons. The standard InChI is InChI=1S/C8H12Br2O/c9-5-1-2-6(10)8-4-3-7(5)11-8/h5-8H,1-4H2. The number of hydrogen-bond donors (Lipinski definition) is 0. The molecule has 0 radical (unpaired) electrons. The van der Waals surface area contributed by atoms with E-state index in [1.807, 2.05) is 0 Å². The molecule has 0 aliphatic carbocycles. The van der Waals surface area contributed by atoms with E-state index in [2.05, 4.69) is 31.9 Å². The second kappa shape index (κ2) is 3.35. The fraction of sp³-hybridized carbons (Fsp3) is 1.00. The van der Waals surface area contributed by atoms with Gasteiger partial charge in [-0.2, -0.15) is 0 Å². The van der Waals surface area contributed by atoms with Crippen molar-refractivity contribution in [2.24, 2.45) is 0 Å². The Morgan fingerprint density at radius 2 is 1.27 bits per heavy atom. The lowest BCUT2D eigenvalue weighted by atomic mass is 10.0. The van der Waals surface area contributed by atoms with Crippen LogP contribution < -0.4 is 0 Å². The van der Waals surface area contributed by atoms with Crippen molar-refractivity contribution >= 4 is 31.9 Å². The molecule has 0 N–H and O–H groups in total. The van der Waals surface area contributed by atoms with Gasteiger partial charge >= 0.3 is 0 Å². The number of halogens is 2. The molecule has 0 aromatic heterocycles. The van der Waals surface area contributed by atoms with E-state index in [1.165, 1.54) is 25.7 Å². The Bertz CT molecular complexity index is 135. The van der Waals surface area contributed by atoms with Crippen LogP contribution >= 0.6 is 31.9 Å². The summed E-state index contributed by atoms with van der Waals surface area (Å²) in [5.74, 6) is 0. The van der Waals surface area contributed by atoms with Crippen molar-refractivity contribution < 1.29 is 4.74 Å². The average molecular weight is 284 g/mol. The highest BCUT2D eigenvalue weighted by atomic mass is 79.9. The molecule has 4 atom stereocenters. The molecule has 0 spiro atoms. The Labute approximate surface area is 84.1 Å². The lowest BCUT2D eigenvalue weighted by Gasteiger charge is -2.13. The minimum atomic E-state index is 0.488. The molecular formula is C8H12Br2O. The summed E-state index contributed by atoms with van der Waals surface area (Å²) >= 11 is 7.35. The Morgan fingerprint density at radius 1 is 0.818 bits per heavy atom. The third kappa shape index (κ3) is 1.65. The molecule has 0 saturated carbocycles. The SMILES string of the molecule is BrC1CCC(Br)C2CCC1O2. The van der Waals surface area contributed by atoms with Crippen LogP contribution in [0.25, 0.3) is 0 Å². The number of hydrogen-bond acceptors (Lipinski definition) is 1. The Hall–Kier alpha value is 0.920. The van der Waals surface area contributed by atoms with Crippen LogP contribution in [0.15, 0.2) is 0 Å². The molecule has 3 heteroatoms. The first-order chi connectivity index (χ1) is 5.27. The molecule has 2 rings (SSSR count). The minimum Gasteiger partial charge on any atom is -0.373 e. The molecule has 2 aliphatic rings. The van der Waals surface area contributed by atoms with Crippen molar-refractivity contribution in [3.8, 4) is 0 Å². The van der Waals surface area contributed by atoms with Gasteiger partial charge in [-0.1, -0.05) is 31.9 Å². The zero-order chi connectivity index (χ0) is 7.84. The largest absolute Gasteiger partial charge is 0.373 e. The number of alkyl halides is 2. The second-order valence-electron chi connectivity index (χ2n) is 3.40. The van der Waals surface area contributed by atoms with Gasteiger partial charge in [0.1, 0.15) is 0 Å². The van der Waals surface area contributed by atoms with Crippen LogP contribution in [0.5, 0.6) is 0 Å². The van der Waals surface area contributed by atoms with Crippen LogP contribution in [0, 0.1) is 0 Å². The molecule has 0 amide bonds. The highest BCUT2D eigenvalue weighted by Gasteiger charge is 2.37. The summed E-state index contributed by atoms with van der Waals surface area (Å²) in [7, 11) is 0. The fourth-order valence-electron chi connectivity index (χ4n) is 1.91. The smallest absolute Gasteiger partial charge is 0.0705 e. The van der Waals surface area contributed by atoms with Gasteiger partial charge in [0.2, 0.25) is 0 Å². The molecule has 2 fully saturated rings. The van der Waals surface area contributed by atoms with E-state index in [0.29, 0.717) is 21.9 Å². The van der Waals surface area contributed by atoms with E-state index in [-0.39, 0.29) is 0 Å². The molecule has 4 unspecified atom stereocenters. The van der Waals surface area contributed by atoms with Crippen molar-refractivity contribution in [1.82, 2.24) is 0 Å². The number of ether oxygens (including phenoxy) is 1. The van der Waals surface area contributed by atoms with Gasteiger partial charge in [-0.3, -0.25) is 0 Å². The molecule has 1 nitrogen and oxygen atoms in total. The zero-order valence-corrected chi connectivity index (χ0v) is 9.47. The van der Waals surface area contributed by atoms with Gasteiger partial charge in [-0.05, 0) is 25.7 Å². The summed E-state index contributed by atoms with van der Waals surface area (Å²) in [4.78, 5) is 1.19. The summed E-state index contributed by atoms with van der Waals surface area (Å²) in [6.45, 7) is 0. The molecule has 0 aromatic rings. The maximum Gasteiger partial charge on any atom is 0.0705 e. The highest BCUT2D eigenvalue weighted by molar-refractivity contribution is 9.09. The first-order valence-corrected chi connectivity index (χ1v) is 6.04. The predicted octanol–water partition coefficient (Wildman–Crippen LogP) is 2.85. The summed E-state index contributed by atoms with van der Waals surface area (Å²) in [5, 5.41) is 0. The Morgan fingerprint density at radius 3 is 1.73 bits per heavy atom. The van der Waals surface area contributed by atoms with E-state index >= 15 is 0 Å². The normalized spacial score (nSPS) is 50.7. The van der Waals surface area contributed by atoms with Gasteiger partial charge < -0.3 is 4.74 Å². The van der Waals surface area contributed by atoms with E-state index in [0.717, 1.165) is 0 Å². The van der Waals surface area contributed by atoms with E-state index in [1.54, 1.807) is 0 Å². The van der Waals surface area contributed by atoms with Crippen LogP contribution in [0.2, 0.25) is 0 Å². The first-order valence-electron chi connectivity index (χ1n) is 4.21. The predicted molar refractivity (Wildman–Crippen MR) is 52.6 cm³/mol. The van der Waals surface area contributed by atoms with Crippen molar-refractivity contribution in [3.63, 3.8) is 0 Å². The van der Waals surface area contributed by atoms with Crippen molar-refractivity contribution in [3.05, 3.63) is 0 Å². The monoisotopic (exact) mass is 282 g/mol. The first kappa shape index (κ1) is 8.52. The molecule has 2 saturated heterocycles. The Balaban J connectivity index is 2.07. The van der Waals surface area contributed by atoms with Gasteiger partial charge in [0.05, 0.1) is 12.2 Å². The topological polar surface area (TPSA) is 9.23 Å². The molecule has 2 heterocycles. The fourth-order valence-corrected chi connectivity index (χ4v) is 3.22. The quantitative estimate of drug-likeness (QED) is 0.621. The van der Waals surface area contributed by atoms with Crippen LogP contribution in [-0.4, -0.2) is 21.9 Å². The summed E-state index contributed by atoms with van der Waals surface area (Å²) in [6.07, 6.45) is 5.95. The minimum absolute atomic E-state index is 0.488. The van der Waals surface area contributed by atoms with Gasteiger partial charge in [-0.25, -0.2) is 0 Å². The van der Waals surface area contributed by atoms with Gasteiger partial charge in [0, 0.05) is 9.65 Å². The number of rotatable bonds is 0. The summed E-state index contributed by atoms with van der Waals surface area (Å²) in [6, 6.07) is 0. The van der Waals surface area contributed by atoms with Crippen LogP contribution in [0.3, 0.4) is 0 Å². The van der Waals surface area contributed by atoms with Gasteiger partial charge in [0.25, 0.3) is 0 Å². The molecule has 2 aliphatic heterocycles. The second-order valence-corrected chi connectivity index (χ2v) is 5.75. The average Bonchev–Trinajstić information content (AvgIpc) is 2.42. The molecule has 11 heavy (non-hydrogen) atoms. The number of fused-ring (bicyclic) bond motifs is 2. The van der Waals surface area contributed by atoms with Gasteiger partial charge in [0.15, 0.2) is 0 Å². The maximum atomic E-state index is 5.85. The van der Waals surface area contributed by atoms with Crippen LogP contribution in [-0.2, 0) is 4.74 Å². The molecule has 2 bridgehead atoms. The third-order valence-electron chi connectivity index (χ3n) is 2.61. The molecule has 0 aromatic carbocycles. The van der Waals surface area contributed by atoms with Crippen molar-refractivity contribution in [2.45, 2.75) is 47.5 Å². The van der Waals surface area contributed by atoms with E-state index in [9.17, 15) is 0 Å².